The maximum atomic E-state index is 10.7. The first-order valence-electron chi connectivity index (χ1n) is 5.79. The van der Waals surface area contributed by atoms with Crippen molar-refractivity contribution in [1.29, 1.82) is 0 Å². The lowest BCUT2D eigenvalue weighted by atomic mass is 10.2. The molecule has 0 aliphatic heterocycles. The van der Waals surface area contributed by atoms with Crippen LogP contribution in [-0.2, 0) is 9.59 Å². The molecule has 0 aromatic carbocycles. The highest BCUT2D eigenvalue weighted by Crippen LogP contribution is 1.84. The highest BCUT2D eigenvalue weighted by molar-refractivity contribution is 5.86. The number of amides is 1. The molecule has 0 radical (unpaired) electrons. The Labute approximate surface area is 94.6 Å². The van der Waals surface area contributed by atoms with Crippen molar-refractivity contribution in [2.75, 3.05) is 0 Å². The zero-order chi connectivity index (χ0) is 12.9. The third kappa shape index (κ3) is 19.5. The molecular formula is C12H27NO2. The Hall–Kier alpha value is -0.860. The first-order chi connectivity index (χ1) is 6.99. The van der Waals surface area contributed by atoms with Crippen LogP contribution in [0.5, 0.6) is 0 Å². The fourth-order valence-corrected chi connectivity index (χ4v) is 0.445. The molecular weight excluding hydrogens is 190 g/mol. The van der Waals surface area contributed by atoms with Crippen LogP contribution >= 0.6 is 0 Å². The summed E-state index contributed by atoms with van der Waals surface area (Å²) in [6.07, 6.45) is 1.68. The van der Waals surface area contributed by atoms with E-state index in [1.165, 1.54) is 13.3 Å². The summed E-state index contributed by atoms with van der Waals surface area (Å²) in [4.78, 5) is 21.2. The maximum Gasteiger partial charge on any atom is 0.220 e. The average Bonchev–Trinajstić information content (AvgIpc) is 2.21. The predicted octanol–water partition coefficient (Wildman–Crippen LogP) is 2.93. The minimum atomic E-state index is -0.340. The predicted molar refractivity (Wildman–Crippen MR) is 65.9 cm³/mol. The van der Waals surface area contributed by atoms with E-state index >= 15 is 0 Å². The van der Waals surface area contributed by atoms with E-state index in [0.29, 0.717) is 6.42 Å². The minimum Gasteiger partial charge on any atom is -0.347 e. The normalized spacial score (nSPS) is 9.80. The molecule has 0 rings (SSSR count). The Kier molecular flexibility index (Phi) is 20.5. The van der Waals surface area contributed by atoms with Gasteiger partial charge in [0.05, 0.1) is 6.04 Å². The van der Waals surface area contributed by atoms with Gasteiger partial charge in [-0.05, 0) is 13.8 Å². The van der Waals surface area contributed by atoms with Crippen molar-refractivity contribution in [2.24, 2.45) is 0 Å². The summed E-state index contributed by atoms with van der Waals surface area (Å²) in [7, 11) is 0. The molecule has 0 saturated carbocycles. The molecule has 0 aliphatic rings. The maximum absolute atomic E-state index is 10.7. The highest BCUT2D eigenvalue weighted by Gasteiger charge is 2.08. The van der Waals surface area contributed by atoms with Crippen LogP contribution < -0.4 is 5.32 Å². The van der Waals surface area contributed by atoms with E-state index in [4.69, 9.17) is 0 Å². The van der Waals surface area contributed by atoms with Crippen LogP contribution in [0.3, 0.4) is 0 Å². The monoisotopic (exact) mass is 217 g/mol. The Morgan fingerprint density at radius 1 is 1.13 bits per heavy atom. The number of ketones is 1. The minimum absolute atomic E-state index is 0.0122. The van der Waals surface area contributed by atoms with Crippen LogP contribution in [0.15, 0.2) is 0 Å². The van der Waals surface area contributed by atoms with E-state index in [2.05, 4.69) is 19.2 Å². The number of hydrogen-bond donors (Lipinski definition) is 1. The Bertz CT molecular complexity index is 156. The van der Waals surface area contributed by atoms with Crippen LogP contribution in [0.2, 0.25) is 0 Å². The molecule has 15 heavy (non-hydrogen) atoms. The summed E-state index contributed by atoms with van der Waals surface area (Å²) in [5.41, 5.74) is 0. The van der Waals surface area contributed by atoms with Gasteiger partial charge in [0.15, 0.2) is 5.78 Å². The van der Waals surface area contributed by atoms with Crippen molar-refractivity contribution < 1.29 is 9.59 Å². The van der Waals surface area contributed by atoms with Gasteiger partial charge in [-0.2, -0.15) is 0 Å². The van der Waals surface area contributed by atoms with Crippen LogP contribution in [0.25, 0.3) is 0 Å². The molecule has 0 heterocycles. The lowest BCUT2D eigenvalue weighted by molar-refractivity contribution is -0.126. The molecule has 0 saturated heterocycles. The molecule has 0 aromatic rings. The van der Waals surface area contributed by atoms with Crippen LogP contribution in [-0.4, -0.2) is 17.7 Å². The Balaban J connectivity index is -0.000000245. The molecule has 3 nitrogen and oxygen atoms in total. The van der Waals surface area contributed by atoms with Crippen molar-refractivity contribution in [3.8, 4) is 0 Å². The van der Waals surface area contributed by atoms with Gasteiger partial charge in [-0.25, -0.2) is 0 Å². The second-order valence-corrected chi connectivity index (χ2v) is 2.96. The van der Waals surface area contributed by atoms with E-state index in [0.717, 1.165) is 0 Å². The van der Waals surface area contributed by atoms with E-state index in [-0.39, 0.29) is 17.7 Å². The van der Waals surface area contributed by atoms with Gasteiger partial charge in [0.1, 0.15) is 0 Å². The summed E-state index contributed by atoms with van der Waals surface area (Å²) < 4.78 is 0. The number of rotatable bonds is 3. The second-order valence-electron chi connectivity index (χ2n) is 2.96. The van der Waals surface area contributed by atoms with E-state index < -0.39 is 0 Å². The smallest absolute Gasteiger partial charge is 0.220 e. The lowest BCUT2D eigenvalue weighted by Crippen LogP contribution is -2.36. The van der Waals surface area contributed by atoms with Gasteiger partial charge in [-0.1, -0.05) is 41.0 Å². The van der Waals surface area contributed by atoms with Gasteiger partial charge in [-0.3, -0.25) is 9.59 Å². The number of nitrogens with one attached hydrogen (secondary N) is 1. The molecule has 3 heteroatoms. The SMILES string of the molecule is CC.CCC.CCC(=O)NC(C)C(C)=O. The second kappa shape index (κ2) is 15.6. The molecule has 1 unspecified atom stereocenters. The summed E-state index contributed by atoms with van der Waals surface area (Å²) in [5.74, 6) is -0.0931. The zero-order valence-electron chi connectivity index (χ0n) is 11.3. The van der Waals surface area contributed by atoms with Gasteiger partial charge >= 0.3 is 0 Å². The molecule has 0 bridgehead atoms. The van der Waals surface area contributed by atoms with Crippen molar-refractivity contribution in [1.82, 2.24) is 5.32 Å². The third-order valence-electron chi connectivity index (χ3n) is 1.31. The first-order valence-corrected chi connectivity index (χ1v) is 5.79. The molecule has 0 aliphatic carbocycles. The number of hydrogen-bond acceptors (Lipinski definition) is 2. The Morgan fingerprint density at radius 2 is 1.47 bits per heavy atom. The summed E-state index contributed by atoms with van der Waals surface area (Å²) >= 11 is 0. The average molecular weight is 217 g/mol. The molecule has 0 aromatic heterocycles. The van der Waals surface area contributed by atoms with Gasteiger partial charge in [0, 0.05) is 6.42 Å². The topological polar surface area (TPSA) is 46.2 Å². The standard InChI is InChI=1S/C7H13NO2.C3H8.C2H6/c1-4-7(10)8-5(2)6(3)9;1-3-2;1-2/h5H,4H2,1-3H3,(H,8,10);3H2,1-2H3;1-2H3. The van der Waals surface area contributed by atoms with Crippen molar-refractivity contribution in [2.45, 2.75) is 67.3 Å². The molecule has 92 valence electrons. The van der Waals surface area contributed by atoms with Crippen LogP contribution in [0, 0.1) is 0 Å². The number of carbonyl (C=O) groups excluding carboxylic acids is 2. The number of Topliss-reactive ketones (excluding diaryl/α,β-unsaturated/α-hetero) is 1. The van der Waals surface area contributed by atoms with Gasteiger partial charge in [-0.15, -0.1) is 0 Å². The lowest BCUT2D eigenvalue weighted by Gasteiger charge is -2.08. The van der Waals surface area contributed by atoms with Gasteiger partial charge < -0.3 is 5.32 Å². The van der Waals surface area contributed by atoms with E-state index in [1.54, 1.807) is 13.8 Å². The van der Waals surface area contributed by atoms with E-state index in [9.17, 15) is 9.59 Å². The quantitative estimate of drug-likeness (QED) is 0.790. The number of carbonyl (C=O) groups is 2. The summed E-state index contributed by atoms with van der Waals surface area (Å²) in [6.45, 7) is 13.1. The highest BCUT2D eigenvalue weighted by atomic mass is 16.2. The Morgan fingerprint density at radius 3 is 1.67 bits per heavy atom. The fraction of sp³-hybridized carbons (Fsp3) is 0.833. The fourth-order valence-electron chi connectivity index (χ4n) is 0.445. The van der Waals surface area contributed by atoms with Crippen molar-refractivity contribution >= 4 is 11.7 Å². The molecule has 1 atom stereocenters. The van der Waals surface area contributed by atoms with E-state index in [1.807, 2.05) is 13.8 Å². The zero-order valence-corrected chi connectivity index (χ0v) is 11.3. The largest absolute Gasteiger partial charge is 0.347 e. The van der Waals surface area contributed by atoms with Gasteiger partial charge in [0.25, 0.3) is 0 Å². The molecule has 0 spiro atoms. The summed E-state index contributed by atoms with van der Waals surface area (Å²) in [6, 6.07) is -0.340. The third-order valence-corrected chi connectivity index (χ3v) is 1.31. The van der Waals surface area contributed by atoms with Crippen LogP contribution in [0.4, 0.5) is 0 Å². The summed E-state index contributed by atoms with van der Waals surface area (Å²) in [5, 5.41) is 2.54. The van der Waals surface area contributed by atoms with Crippen LogP contribution in [0.1, 0.15) is 61.3 Å². The molecule has 1 N–H and O–H groups in total. The van der Waals surface area contributed by atoms with Crippen molar-refractivity contribution in [3.63, 3.8) is 0 Å². The molecule has 1 amide bonds. The van der Waals surface area contributed by atoms with Gasteiger partial charge in [0.2, 0.25) is 5.91 Å². The first kappa shape index (κ1) is 19.7. The molecule has 0 fully saturated rings. The van der Waals surface area contributed by atoms with Crippen molar-refractivity contribution in [3.05, 3.63) is 0 Å².